The molecule has 1 fully saturated rings. The van der Waals surface area contributed by atoms with Crippen LogP contribution in [0, 0.1) is 5.92 Å². The molecule has 8 heteroatoms. The van der Waals surface area contributed by atoms with E-state index in [0.717, 1.165) is 28.2 Å². The number of carboxylic acid groups (broad SMARTS) is 1. The molecule has 0 bridgehead atoms. The van der Waals surface area contributed by atoms with E-state index in [1.165, 1.54) is 0 Å². The fourth-order valence-corrected chi connectivity index (χ4v) is 4.90. The summed E-state index contributed by atoms with van der Waals surface area (Å²) < 4.78 is 17.1. The molecule has 0 aromatic heterocycles. The van der Waals surface area contributed by atoms with E-state index in [1.807, 2.05) is 37.3 Å². The summed E-state index contributed by atoms with van der Waals surface area (Å²) in [5.74, 6) is 0.101. The number of hydrogen-bond acceptors (Lipinski definition) is 6. The fraction of sp³-hybridized carbons (Fsp3) is 0.500. The Morgan fingerprint density at radius 1 is 1.29 bits per heavy atom. The van der Waals surface area contributed by atoms with Crippen LogP contribution in [0.25, 0.3) is 0 Å². The van der Waals surface area contributed by atoms with Gasteiger partial charge in [-0.25, -0.2) is 0 Å². The molecule has 1 heterocycles. The molecule has 0 saturated heterocycles. The molecule has 34 heavy (non-hydrogen) atoms. The van der Waals surface area contributed by atoms with Gasteiger partial charge in [0.15, 0.2) is 0 Å². The molecule has 3 N–H and O–H groups in total. The number of nitrogens with one attached hydrogen (secondary N) is 1. The number of carboxylic acids is 1. The minimum absolute atomic E-state index is 0.0733. The van der Waals surface area contributed by atoms with Crippen molar-refractivity contribution in [2.24, 2.45) is 5.92 Å². The highest BCUT2D eigenvalue weighted by Crippen LogP contribution is 2.59. The first-order chi connectivity index (χ1) is 16.1. The number of aliphatic hydroxyl groups is 1. The number of halogens is 1. The van der Waals surface area contributed by atoms with Gasteiger partial charge in [-0.1, -0.05) is 35.9 Å². The quantitative estimate of drug-likeness (QED) is 0.439. The highest BCUT2D eigenvalue weighted by molar-refractivity contribution is 6.31. The smallest absolute Gasteiger partial charge is 0.311 e. The van der Waals surface area contributed by atoms with Gasteiger partial charge in [0, 0.05) is 34.2 Å². The number of rotatable bonds is 11. The normalized spacial score (nSPS) is 22.4. The Kier molecular flexibility index (Phi) is 7.10. The number of fused-ring (bicyclic) bond motifs is 3. The van der Waals surface area contributed by atoms with Crippen molar-refractivity contribution in [1.29, 1.82) is 0 Å². The van der Waals surface area contributed by atoms with E-state index in [9.17, 15) is 15.0 Å². The molecule has 1 aliphatic heterocycles. The van der Waals surface area contributed by atoms with Crippen molar-refractivity contribution in [2.45, 2.75) is 57.0 Å². The van der Waals surface area contributed by atoms with Crippen molar-refractivity contribution in [1.82, 2.24) is 5.32 Å². The molecule has 4 rings (SSSR count). The number of aliphatic hydroxyl groups excluding tert-OH is 1. The Morgan fingerprint density at radius 3 is 2.74 bits per heavy atom. The highest BCUT2D eigenvalue weighted by Gasteiger charge is 2.63. The van der Waals surface area contributed by atoms with Crippen LogP contribution < -0.4 is 14.8 Å². The van der Waals surface area contributed by atoms with Gasteiger partial charge in [0.05, 0.1) is 25.9 Å². The van der Waals surface area contributed by atoms with Gasteiger partial charge in [0.2, 0.25) is 0 Å². The maximum atomic E-state index is 11.3. The van der Waals surface area contributed by atoms with Crippen molar-refractivity contribution >= 4 is 17.6 Å². The van der Waals surface area contributed by atoms with Gasteiger partial charge >= 0.3 is 5.97 Å². The number of aliphatic carboxylic acids is 1. The molecule has 5 atom stereocenters. The van der Waals surface area contributed by atoms with Crippen molar-refractivity contribution < 1.29 is 29.2 Å². The molecule has 0 radical (unpaired) electrons. The summed E-state index contributed by atoms with van der Waals surface area (Å²) in [6, 6.07) is 11.4. The summed E-state index contributed by atoms with van der Waals surface area (Å²) in [5.41, 5.74) is 2.52. The summed E-state index contributed by atoms with van der Waals surface area (Å²) in [6.45, 7) is 6.55. The zero-order valence-corrected chi connectivity index (χ0v) is 20.6. The third kappa shape index (κ3) is 5.18. The Morgan fingerprint density at radius 2 is 2.06 bits per heavy atom. The fourth-order valence-electron chi connectivity index (χ4n) is 4.66. The van der Waals surface area contributed by atoms with Crippen LogP contribution in [0.2, 0.25) is 5.02 Å². The van der Waals surface area contributed by atoms with Gasteiger partial charge in [-0.2, -0.15) is 0 Å². The van der Waals surface area contributed by atoms with Gasteiger partial charge in [-0.15, -0.1) is 0 Å². The lowest BCUT2D eigenvalue weighted by molar-refractivity contribution is -0.139. The molecular weight excluding hydrogens is 458 g/mol. The second kappa shape index (κ2) is 9.74. The van der Waals surface area contributed by atoms with Crippen molar-refractivity contribution in [3.05, 3.63) is 58.1 Å². The van der Waals surface area contributed by atoms with Crippen LogP contribution in [-0.2, 0) is 16.0 Å². The summed E-state index contributed by atoms with van der Waals surface area (Å²) >= 11 is 6.38. The zero-order chi connectivity index (χ0) is 24.6. The largest absolute Gasteiger partial charge is 0.497 e. The Hall–Kier alpha value is -2.32. The molecule has 1 saturated carbocycles. The Labute approximate surface area is 205 Å². The minimum atomic E-state index is -0.817. The molecule has 0 spiro atoms. The van der Waals surface area contributed by atoms with Crippen LogP contribution >= 0.6 is 11.6 Å². The maximum absolute atomic E-state index is 11.3. The van der Waals surface area contributed by atoms with Crippen molar-refractivity contribution in [3.8, 4) is 11.5 Å². The summed E-state index contributed by atoms with van der Waals surface area (Å²) in [4.78, 5) is 11.3. The van der Waals surface area contributed by atoms with E-state index in [-0.39, 0.29) is 30.3 Å². The predicted octanol–water partition coefficient (Wildman–Crippen LogP) is 3.96. The van der Waals surface area contributed by atoms with Crippen LogP contribution in [0.15, 0.2) is 36.4 Å². The number of methoxy groups -OCH3 is 1. The number of β-amino-alcohol motifs (C(OH)–C–C–N with tert-alkyl or cyclic N) is 1. The maximum Gasteiger partial charge on any atom is 0.311 e. The monoisotopic (exact) mass is 489 g/mol. The van der Waals surface area contributed by atoms with Gasteiger partial charge in [-0.3, -0.25) is 4.79 Å². The van der Waals surface area contributed by atoms with Gasteiger partial charge < -0.3 is 29.7 Å². The van der Waals surface area contributed by atoms with E-state index in [1.54, 1.807) is 13.2 Å². The van der Waals surface area contributed by atoms with Crippen LogP contribution in [-0.4, -0.2) is 54.2 Å². The topological polar surface area (TPSA) is 97.3 Å². The van der Waals surface area contributed by atoms with Crippen LogP contribution in [0.4, 0.5) is 0 Å². The van der Waals surface area contributed by atoms with Crippen LogP contribution in [0.3, 0.4) is 0 Å². The van der Waals surface area contributed by atoms with Crippen LogP contribution in [0.1, 0.15) is 49.5 Å². The lowest BCUT2D eigenvalue weighted by Crippen LogP contribution is -2.46. The average molecular weight is 490 g/mol. The molecule has 0 amide bonds. The number of ether oxygens (including phenoxy) is 3. The molecule has 0 unspecified atom stereocenters. The van der Waals surface area contributed by atoms with E-state index >= 15 is 0 Å². The van der Waals surface area contributed by atoms with E-state index < -0.39 is 18.0 Å². The van der Waals surface area contributed by atoms with E-state index in [0.29, 0.717) is 18.0 Å². The molecule has 2 aromatic rings. The first-order valence-corrected chi connectivity index (χ1v) is 11.9. The summed E-state index contributed by atoms with van der Waals surface area (Å²) in [6.07, 6.45) is -0.587. The first kappa shape index (κ1) is 24.8. The molecule has 2 aromatic carbocycles. The highest BCUT2D eigenvalue weighted by atomic mass is 35.5. The van der Waals surface area contributed by atoms with Crippen molar-refractivity contribution in [3.63, 3.8) is 0 Å². The number of hydrogen-bond donors (Lipinski definition) is 3. The zero-order valence-electron chi connectivity index (χ0n) is 19.9. The summed E-state index contributed by atoms with van der Waals surface area (Å²) in [5, 5.41) is 23.8. The molecule has 2 aliphatic rings. The van der Waals surface area contributed by atoms with Gasteiger partial charge in [-0.05, 0) is 44.9 Å². The standard InChI is InChI=1S/C26H32ClNO6/c1-14(18-6-5-7-19-21-22(25(30)31)24(21)34-23(18)19)33-13-16(29)12-28-26(2,3)11-15-8-9-17(32-4)10-20(15)27/h5-10,14,16,21-22,24,28-29H,11-13H2,1-4H3,(H,30,31)/t14-,16-,21+,22+,24+/m1/s1. The van der Waals surface area contributed by atoms with Crippen molar-refractivity contribution in [2.75, 3.05) is 20.3 Å². The van der Waals surface area contributed by atoms with Gasteiger partial charge in [0.1, 0.15) is 23.5 Å². The number of benzene rings is 2. The second-order valence-electron chi connectivity index (χ2n) is 9.77. The summed E-state index contributed by atoms with van der Waals surface area (Å²) in [7, 11) is 1.61. The Balaban J connectivity index is 1.27. The lowest BCUT2D eigenvalue weighted by Gasteiger charge is -2.29. The SMILES string of the molecule is COc1ccc(CC(C)(C)NC[C@@H](O)CO[C@H](C)c2cccc3c2O[C@@H]2[C@@H](C(=O)O)[C@H]32)c(Cl)c1. The molecule has 184 valence electrons. The number of para-hydroxylation sites is 1. The Bertz CT molecular complexity index is 1060. The third-order valence-corrected chi connectivity index (χ3v) is 6.97. The predicted molar refractivity (Wildman–Crippen MR) is 129 cm³/mol. The molecular formula is C26H32ClNO6. The first-order valence-electron chi connectivity index (χ1n) is 11.5. The third-order valence-electron chi connectivity index (χ3n) is 6.61. The second-order valence-corrected chi connectivity index (χ2v) is 10.2. The van der Waals surface area contributed by atoms with Crippen LogP contribution in [0.5, 0.6) is 11.5 Å². The average Bonchev–Trinajstić information content (AvgIpc) is 3.39. The van der Waals surface area contributed by atoms with Gasteiger partial charge in [0.25, 0.3) is 0 Å². The van der Waals surface area contributed by atoms with E-state index in [4.69, 9.17) is 25.8 Å². The molecule has 1 aliphatic carbocycles. The number of carbonyl (C=O) groups is 1. The lowest BCUT2D eigenvalue weighted by atomic mass is 9.94. The minimum Gasteiger partial charge on any atom is -0.497 e. The molecule has 7 nitrogen and oxygen atoms in total. The van der Waals surface area contributed by atoms with E-state index in [2.05, 4.69) is 19.2 Å².